The summed E-state index contributed by atoms with van der Waals surface area (Å²) in [6.45, 7) is 0. The summed E-state index contributed by atoms with van der Waals surface area (Å²) in [4.78, 5) is 13.2. The van der Waals surface area contributed by atoms with Crippen LogP contribution in [-0.2, 0) is 0 Å². The van der Waals surface area contributed by atoms with Gasteiger partial charge < -0.3 is 4.98 Å². The van der Waals surface area contributed by atoms with Crippen LogP contribution in [-0.4, -0.2) is 4.98 Å². The highest BCUT2D eigenvalue weighted by Gasteiger charge is 2.11. The number of hydrogen-bond donors (Lipinski definition) is 1. The van der Waals surface area contributed by atoms with E-state index in [0.29, 0.717) is 11.4 Å². The summed E-state index contributed by atoms with van der Waals surface area (Å²) in [5, 5.41) is 7.11. The minimum absolute atomic E-state index is 0.164. The number of fused-ring (bicyclic) bond motifs is 1. The van der Waals surface area contributed by atoms with Crippen molar-refractivity contribution in [2.75, 3.05) is 0 Å². The highest BCUT2D eigenvalue weighted by Crippen LogP contribution is 2.32. The number of nitrogens with zero attached hydrogens (tertiary/aromatic N) is 2. The standard InChI is InChI=1S/C5H3N3O/c9-5-4-3(7-8-4)1-2-6-5/h1-2H,(H,6,9). The number of azo groups is 1. The van der Waals surface area contributed by atoms with E-state index in [1.165, 1.54) is 0 Å². The average molecular weight is 121 g/mol. The third-order valence-electron chi connectivity index (χ3n) is 1.17. The molecule has 1 N–H and O–H groups in total. The van der Waals surface area contributed by atoms with Gasteiger partial charge in [-0.25, -0.2) is 0 Å². The molecule has 0 aromatic carbocycles. The van der Waals surface area contributed by atoms with Crippen LogP contribution in [0.15, 0.2) is 27.3 Å². The maximum Gasteiger partial charge on any atom is 0.278 e. The number of aromatic nitrogens is 1. The molecule has 0 saturated carbocycles. The molecule has 4 nitrogen and oxygen atoms in total. The zero-order valence-corrected chi connectivity index (χ0v) is 4.46. The van der Waals surface area contributed by atoms with Gasteiger partial charge in [0.05, 0.1) is 0 Å². The van der Waals surface area contributed by atoms with Crippen molar-refractivity contribution < 1.29 is 0 Å². The zero-order chi connectivity index (χ0) is 6.27. The maximum atomic E-state index is 10.7. The Morgan fingerprint density at radius 1 is 1.44 bits per heavy atom. The van der Waals surface area contributed by atoms with Gasteiger partial charge >= 0.3 is 0 Å². The lowest BCUT2D eigenvalue weighted by atomic mass is 10.3. The lowest BCUT2D eigenvalue weighted by molar-refractivity contribution is 1.07. The molecule has 0 radical (unpaired) electrons. The Morgan fingerprint density at radius 3 is 2.78 bits per heavy atom. The predicted octanol–water partition coefficient (Wildman–Crippen LogP) is 1.10. The highest BCUT2D eigenvalue weighted by atomic mass is 16.1. The van der Waals surface area contributed by atoms with Gasteiger partial charge in [-0.1, -0.05) is 0 Å². The van der Waals surface area contributed by atoms with Gasteiger partial charge in [0.1, 0.15) is 5.69 Å². The molecule has 1 aromatic rings. The minimum atomic E-state index is -0.164. The molecule has 0 unspecified atom stereocenters. The number of H-pyrrole nitrogens is 1. The van der Waals surface area contributed by atoms with E-state index in [4.69, 9.17) is 0 Å². The molecule has 0 saturated heterocycles. The molecule has 0 atom stereocenters. The van der Waals surface area contributed by atoms with Gasteiger partial charge in [0.25, 0.3) is 5.56 Å². The Morgan fingerprint density at radius 2 is 2.33 bits per heavy atom. The third-order valence-corrected chi connectivity index (χ3v) is 1.17. The van der Waals surface area contributed by atoms with Crippen LogP contribution in [0.25, 0.3) is 0 Å². The quantitative estimate of drug-likeness (QED) is 0.557. The molecule has 2 rings (SSSR count). The molecule has 0 amide bonds. The van der Waals surface area contributed by atoms with Crippen LogP contribution >= 0.6 is 0 Å². The van der Waals surface area contributed by atoms with E-state index in [-0.39, 0.29) is 5.56 Å². The van der Waals surface area contributed by atoms with Crippen LogP contribution < -0.4 is 5.56 Å². The molecule has 1 aromatic heterocycles. The largest absolute Gasteiger partial charge is 0.327 e. The fraction of sp³-hybridized carbons (Fsp3) is 0. The van der Waals surface area contributed by atoms with E-state index in [1.807, 2.05) is 0 Å². The normalized spacial score (nSPS) is 12.4. The van der Waals surface area contributed by atoms with Crippen molar-refractivity contribution in [2.45, 2.75) is 0 Å². The Kier molecular flexibility index (Phi) is 0.631. The lowest BCUT2D eigenvalue weighted by Gasteiger charge is -2.02. The second kappa shape index (κ2) is 1.28. The van der Waals surface area contributed by atoms with Crippen molar-refractivity contribution in [1.82, 2.24) is 4.98 Å². The average Bonchev–Trinajstić information content (AvgIpc) is 1.74. The SMILES string of the molecule is O=c1[nH]ccc2c1N=N2. The van der Waals surface area contributed by atoms with Gasteiger partial charge in [0.2, 0.25) is 0 Å². The van der Waals surface area contributed by atoms with Crippen molar-refractivity contribution in [1.29, 1.82) is 0 Å². The number of aromatic amines is 1. The van der Waals surface area contributed by atoms with Gasteiger partial charge in [0, 0.05) is 6.20 Å². The van der Waals surface area contributed by atoms with Crippen molar-refractivity contribution >= 4 is 11.4 Å². The first kappa shape index (κ1) is 4.43. The summed E-state index contributed by atoms with van der Waals surface area (Å²) in [5.41, 5.74) is 0.957. The van der Waals surface area contributed by atoms with Crippen molar-refractivity contribution in [2.24, 2.45) is 10.2 Å². The van der Waals surface area contributed by atoms with Crippen LogP contribution in [0.1, 0.15) is 0 Å². The van der Waals surface area contributed by atoms with Crippen LogP contribution in [0, 0.1) is 0 Å². The Bertz CT molecular complexity index is 325. The predicted molar refractivity (Wildman–Crippen MR) is 31.2 cm³/mol. The molecule has 1 aliphatic heterocycles. The molecule has 0 fully saturated rings. The van der Waals surface area contributed by atoms with E-state index in [9.17, 15) is 4.79 Å². The molecule has 0 spiro atoms. The van der Waals surface area contributed by atoms with E-state index in [2.05, 4.69) is 15.2 Å². The first-order valence-corrected chi connectivity index (χ1v) is 2.51. The summed E-state index contributed by atoms with van der Waals surface area (Å²) >= 11 is 0. The fourth-order valence-corrected chi connectivity index (χ4v) is 0.696. The van der Waals surface area contributed by atoms with Gasteiger partial charge in [-0.2, -0.15) is 0 Å². The summed E-state index contributed by atoms with van der Waals surface area (Å²) in [6, 6.07) is 1.71. The molecule has 2 heterocycles. The van der Waals surface area contributed by atoms with Crippen LogP contribution in [0.2, 0.25) is 0 Å². The summed E-state index contributed by atoms with van der Waals surface area (Å²) in [7, 11) is 0. The third kappa shape index (κ3) is 0.440. The van der Waals surface area contributed by atoms with Crippen molar-refractivity contribution in [3.8, 4) is 0 Å². The molecule has 0 bridgehead atoms. The summed E-state index contributed by atoms with van der Waals surface area (Å²) in [6.07, 6.45) is 1.55. The topological polar surface area (TPSA) is 57.6 Å². The molecule has 0 aliphatic carbocycles. The number of pyridine rings is 1. The van der Waals surface area contributed by atoms with Crippen molar-refractivity contribution in [3.63, 3.8) is 0 Å². The smallest absolute Gasteiger partial charge is 0.278 e. The Hall–Kier alpha value is -1.45. The second-order valence-electron chi connectivity index (χ2n) is 1.74. The Labute approximate surface area is 50.3 Å². The van der Waals surface area contributed by atoms with Gasteiger partial charge in [0.15, 0.2) is 5.69 Å². The van der Waals surface area contributed by atoms with E-state index in [0.717, 1.165) is 0 Å². The van der Waals surface area contributed by atoms with Crippen LogP contribution in [0.5, 0.6) is 0 Å². The van der Waals surface area contributed by atoms with Gasteiger partial charge in [-0.05, 0) is 6.07 Å². The Balaban J connectivity index is 2.85. The fourth-order valence-electron chi connectivity index (χ4n) is 0.696. The first-order valence-electron chi connectivity index (χ1n) is 2.51. The molecule has 1 aliphatic rings. The number of nitrogens with one attached hydrogen (secondary N) is 1. The molecular weight excluding hydrogens is 118 g/mol. The van der Waals surface area contributed by atoms with E-state index in [1.54, 1.807) is 12.3 Å². The van der Waals surface area contributed by atoms with Gasteiger partial charge in [-0.3, -0.25) is 4.79 Å². The maximum absolute atomic E-state index is 10.7. The summed E-state index contributed by atoms with van der Waals surface area (Å²) in [5.74, 6) is 0. The highest BCUT2D eigenvalue weighted by molar-refractivity contribution is 5.63. The van der Waals surface area contributed by atoms with E-state index >= 15 is 0 Å². The van der Waals surface area contributed by atoms with Crippen LogP contribution in [0.3, 0.4) is 0 Å². The monoisotopic (exact) mass is 121 g/mol. The summed E-state index contributed by atoms with van der Waals surface area (Å²) < 4.78 is 0. The second-order valence-corrected chi connectivity index (χ2v) is 1.74. The van der Waals surface area contributed by atoms with Crippen molar-refractivity contribution in [3.05, 3.63) is 22.6 Å². The molecule has 44 valence electrons. The number of hydrogen-bond acceptors (Lipinski definition) is 3. The van der Waals surface area contributed by atoms with E-state index < -0.39 is 0 Å². The zero-order valence-electron chi connectivity index (χ0n) is 4.46. The van der Waals surface area contributed by atoms with Crippen LogP contribution in [0.4, 0.5) is 11.4 Å². The lowest BCUT2D eigenvalue weighted by Crippen LogP contribution is -2.05. The minimum Gasteiger partial charge on any atom is -0.327 e. The van der Waals surface area contributed by atoms with Gasteiger partial charge in [-0.15, -0.1) is 10.2 Å². The molecule has 9 heavy (non-hydrogen) atoms. The first-order chi connectivity index (χ1) is 4.38. The molecule has 4 heteroatoms. The molecular formula is C5H3N3O. The number of rotatable bonds is 0.